The summed E-state index contributed by atoms with van der Waals surface area (Å²) in [6.07, 6.45) is 1.50. The second-order valence-electron chi connectivity index (χ2n) is 5.83. The second-order valence-corrected chi connectivity index (χ2v) is 7.92. The Morgan fingerprint density at radius 3 is 2.79 bits per heavy atom. The van der Waals surface area contributed by atoms with Crippen molar-refractivity contribution in [2.45, 2.75) is 4.90 Å². The van der Waals surface area contributed by atoms with E-state index in [2.05, 4.69) is 20.0 Å². The van der Waals surface area contributed by atoms with E-state index >= 15 is 0 Å². The van der Waals surface area contributed by atoms with E-state index in [1.165, 1.54) is 25.6 Å². The van der Waals surface area contributed by atoms with E-state index in [0.717, 1.165) is 5.56 Å². The van der Waals surface area contributed by atoms with Crippen LogP contribution in [0.25, 0.3) is 16.9 Å². The van der Waals surface area contributed by atoms with Crippen molar-refractivity contribution in [2.24, 2.45) is 0 Å². The van der Waals surface area contributed by atoms with E-state index in [1.54, 1.807) is 40.9 Å². The highest BCUT2D eigenvalue weighted by atomic mass is 35.5. The molecule has 10 heteroatoms. The summed E-state index contributed by atoms with van der Waals surface area (Å²) in [6.45, 7) is 0. The first kappa shape index (κ1) is 18.2. The summed E-state index contributed by atoms with van der Waals surface area (Å²) >= 11 is 5.96. The average molecular weight is 416 g/mol. The smallest absolute Gasteiger partial charge is 0.265 e. The molecule has 4 rings (SSSR count). The highest BCUT2D eigenvalue weighted by molar-refractivity contribution is 7.92. The van der Waals surface area contributed by atoms with E-state index in [4.69, 9.17) is 16.3 Å². The zero-order valence-electron chi connectivity index (χ0n) is 14.6. The van der Waals surface area contributed by atoms with Crippen LogP contribution in [0.2, 0.25) is 5.02 Å². The molecule has 0 saturated carbocycles. The van der Waals surface area contributed by atoms with Gasteiger partial charge in [-0.25, -0.2) is 8.42 Å². The van der Waals surface area contributed by atoms with Crippen molar-refractivity contribution in [3.05, 3.63) is 65.9 Å². The third kappa shape index (κ3) is 3.49. The molecule has 0 amide bonds. The number of halogens is 1. The van der Waals surface area contributed by atoms with Gasteiger partial charge in [-0.15, -0.1) is 10.2 Å². The van der Waals surface area contributed by atoms with Gasteiger partial charge in [0, 0.05) is 16.3 Å². The van der Waals surface area contributed by atoms with E-state index in [-0.39, 0.29) is 10.6 Å². The van der Waals surface area contributed by atoms with Gasteiger partial charge in [0.2, 0.25) is 0 Å². The molecule has 0 bridgehead atoms. The van der Waals surface area contributed by atoms with Crippen LogP contribution in [0.5, 0.6) is 5.75 Å². The fourth-order valence-corrected chi connectivity index (χ4v) is 4.18. The Hall–Kier alpha value is -3.17. The van der Waals surface area contributed by atoms with Crippen molar-refractivity contribution >= 4 is 33.0 Å². The summed E-state index contributed by atoms with van der Waals surface area (Å²) in [5, 5.41) is 12.4. The number of nitrogens with zero attached hydrogens (tertiary/aromatic N) is 4. The van der Waals surface area contributed by atoms with Gasteiger partial charge in [-0.05, 0) is 42.5 Å². The van der Waals surface area contributed by atoms with Gasteiger partial charge in [0.05, 0.1) is 12.8 Å². The molecule has 0 aliphatic carbocycles. The van der Waals surface area contributed by atoms with Crippen LogP contribution >= 0.6 is 11.6 Å². The molecule has 0 atom stereocenters. The van der Waals surface area contributed by atoms with E-state index in [0.29, 0.717) is 22.1 Å². The number of anilines is 1. The molecule has 0 saturated heterocycles. The Labute approximate surface area is 165 Å². The molecule has 0 radical (unpaired) electrons. The Balaban J connectivity index is 1.69. The number of rotatable bonds is 5. The zero-order chi connectivity index (χ0) is 19.7. The number of fused-ring (bicyclic) bond motifs is 1. The van der Waals surface area contributed by atoms with Gasteiger partial charge in [-0.3, -0.25) is 4.72 Å². The number of benzene rings is 2. The highest BCUT2D eigenvalue weighted by Crippen LogP contribution is 2.29. The molecular formula is C18H14ClN5O3S. The van der Waals surface area contributed by atoms with Crippen molar-refractivity contribution in [1.82, 2.24) is 19.8 Å². The first-order chi connectivity index (χ1) is 13.5. The van der Waals surface area contributed by atoms with Crippen molar-refractivity contribution in [1.29, 1.82) is 0 Å². The lowest BCUT2D eigenvalue weighted by Crippen LogP contribution is -2.14. The molecule has 0 aliphatic heterocycles. The Kier molecular flexibility index (Phi) is 4.62. The Morgan fingerprint density at radius 1 is 1.11 bits per heavy atom. The summed E-state index contributed by atoms with van der Waals surface area (Å²) in [5.74, 6) is 0.202. The molecule has 8 nitrogen and oxygen atoms in total. The first-order valence-corrected chi connectivity index (χ1v) is 9.96. The number of methoxy groups -OCH3 is 1. The zero-order valence-corrected chi connectivity index (χ0v) is 16.1. The number of sulfonamides is 1. The fraction of sp³-hybridized carbons (Fsp3) is 0.0556. The predicted octanol–water partition coefficient (Wildman–Crippen LogP) is 3.25. The molecule has 2 aromatic heterocycles. The molecule has 0 spiro atoms. The van der Waals surface area contributed by atoms with Crippen LogP contribution < -0.4 is 9.46 Å². The van der Waals surface area contributed by atoms with Crippen molar-refractivity contribution < 1.29 is 13.2 Å². The molecular weight excluding hydrogens is 402 g/mol. The third-order valence-corrected chi connectivity index (χ3v) is 5.63. The second kappa shape index (κ2) is 7.10. The van der Waals surface area contributed by atoms with Crippen molar-refractivity contribution in [3.8, 4) is 17.0 Å². The fourth-order valence-electron chi connectivity index (χ4n) is 2.70. The molecule has 4 aromatic rings. The van der Waals surface area contributed by atoms with Gasteiger partial charge in [0.15, 0.2) is 5.65 Å². The molecule has 0 aliphatic rings. The lowest BCUT2D eigenvalue weighted by Gasteiger charge is -2.12. The summed E-state index contributed by atoms with van der Waals surface area (Å²) in [6, 6.07) is 14.9. The van der Waals surface area contributed by atoms with Crippen LogP contribution in [-0.4, -0.2) is 35.3 Å². The van der Waals surface area contributed by atoms with Crippen LogP contribution in [0.3, 0.4) is 0 Å². The van der Waals surface area contributed by atoms with Crippen LogP contribution in [0.4, 0.5) is 5.69 Å². The quantitative estimate of drug-likeness (QED) is 0.537. The maximum Gasteiger partial charge on any atom is 0.265 e. The minimum Gasteiger partial charge on any atom is -0.495 e. The number of aromatic nitrogens is 4. The lowest BCUT2D eigenvalue weighted by molar-refractivity contribution is 0.403. The van der Waals surface area contributed by atoms with Crippen molar-refractivity contribution in [3.63, 3.8) is 0 Å². The standard InChI is InChI=1S/C18H14ClN5O3S/c1-27-16-7-5-13(19)10-17(16)28(25,26)23-14-4-2-3-12(9-14)15-6-8-18-21-20-11-24(18)22-15/h2-11,23H,1H3. The summed E-state index contributed by atoms with van der Waals surface area (Å²) in [7, 11) is -2.51. The van der Waals surface area contributed by atoms with E-state index in [1.807, 2.05) is 6.07 Å². The summed E-state index contributed by atoms with van der Waals surface area (Å²) < 4.78 is 34.9. The number of nitrogens with one attached hydrogen (secondary N) is 1. The van der Waals surface area contributed by atoms with Gasteiger partial charge in [-0.2, -0.15) is 9.61 Å². The molecule has 0 unspecified atom stereocenters. The third-order valence-electron chi connectivity index (χ3n) is 3.99. The van der Waals surface area contributed by atoms with Crippen LogP contribution in [-0.2, 0) is 10.0 Å². The molecule has 28 heavy (non-hydrogen) atoms. The van der Waals surface area contributed by atoms with Gasteiger partial charge >= 0.3 is 0 Å². The number of hydrogen-bond donors (Lipinski definition) is 1. The summed E-state index contributed by atoms with van der Waals surface area (Å²) in [4.78, 5) is -0.0445. The van der Waals surface area contributed by atoms with Gasteiger partial charge in [-0.1, -0.05) is 23.7 Å². The average Bonchev–Trinajstić information content (AvgIpc) is 3.15. The normalized spacial score (nSPS) is 11.5. The SMILES string of the molecule is COc1ccc(Cl)cc1S(=O)(=O)Nc1cccc(-c2ccc3nncn3n2)c1. The predicted molar refractivity (Wildman–Crippen MR) is 105 cm³/mol. The summed E-state index contributed by atoms with van der Waals surface area (Å²) in [5.41, 5.74) is 2.38. The molecule has 2 heterocycles. The Morgan fingerprint density at radius 2 is 1.96 bits per heavy atom. The first-order valence-electron chi connectivity index (χ1n) is 8.10. The molecule has 2 aromatic carbocycles. The molecule has 142 valence electrons. The van der Waals surface area contributed by atoms with Gasteiger partial charge < -0.3 is 4.74 Å². The van der Waals surface area contributed by atoms with Crippen LogP contribution in [0.15, 0.2) is 65.8 Å². The van der Waals surface area contributed by atoms with Gasteiger partial charge in [0.25, 0.3) is 10.0 Å². The number of hydrogen-bond acceptors (Lipinski definition) is 6. The van der Waals surface area contributed by atoms with Crippen molar-refractivity contribution in [2.75, 3.05) is 11.8 Å². The minimum atomic E-state index is -3.91. The monoisotopic (exact) mass is 415 g/mol. The topological polar surface area (TPSA) is 98.5 Å². The molecule has 1 N–H and O–H groups in total. The highest BCUT2D eigenvalue weighted by Gasteiger charge is 2.20. The minimum absolute atomic E-state index is 0.0445. The Bertz CT molecular complexity index is 1270. The maximum absolute atomic E-state index is 12.8. The molecule has 0 fully saturated rings. The van der Waals surface area contributed by atoms with Gasteiger partial charge in [0.1, 0.15) is 17.0 Å². The van der Waals surface area contributed by atoms with Crippen LogP contribution in [0, 0.1) is 0 Å². The van der Waals surface area contributed by atoms with Crippen LogP contribution in [0.1, 0.15) is 0 Å². The van der Waals surface area contributed by atoms with E-state index in [9.17, 15) is 8.42 Å². The maximum atomic E-state index is 12.8. The largest absolute Gasteiger partial charge is 0.495 e. The van der Waals surface area contributed by atoms with E-state index < -0.39 is 10.0 Å². The number of ether oxygens (including phenoxy) is 1. The lowest BCUT2D eigenvalue weighted by atomic mass is 10.1.